The molecule has 1 fully saturated rings. The number of hydrogen-bond donors (Lipinski definition) is 1. The number of hydrogen-bond acceptors (Lipinski definition) is 4. The van der Waals surface area contributed by atoms with Crippen LogP contribution in [0.4, 0.5) is 0 Å². The van der Waals surface area contributed by atoms with E-state index in [-0.39, 0.29) is 5.91 Å². The molecule has 110 valence electrons. The third-order valence-electron chi connectivity index (χ3n) is 3.91. The van der Waals surface area contributed by atoms with Crippen LogP contribution in [0.1, 0.15) is 31.4 Å². The smallest absolute Gasteiger partial charge is 0.245 e. The highest BCUT2D eigenvalue weighted by molar-refractivity contribution is 5.92. The summed E-state index contributed by atoms with van der Waals surface area (Å²) in [6.07, 6.45) is 8.06. The van der Waals surface area contributed by atoms with Gasteiger partial charge in [-0.1, -0.05) is 12.1 Å². The highest BCUT2D eigenvalue weighted by Gasteiger charge is 2.34. The molecular formula is C17H16N4O. The van der Waals surface area contributed by atoms with Crippen LogP contribution in [0.3, 0.4) is 0 Å². The van der Waals surface area contributed by atoms with E-state index in [1.807, 2.05) is 24.3 Å². The zero-order chi connectivity index (χ0) is 15.4. The number of fused-ring (bicyclic) bond motifs is 1. The summed E-state index contributed by atoms with van der Waals surface area (Å²) in [6.45, 7) is 0. The first-order valence-electron chi connectivity index (χ1n) is 7.34. The van der Waals surface area contributed by atoms with Gasteiger partial charge in [-0.25, -0.2) is 4.98 Å². The molecule has 5 nitrogen and oxygen atoms in total. The number of para-hydroxylation sites is 2. The number of aromatic nitrogens is 2. The number of carbonyl (C=O) groups excluding carboxylic acids is 1. The molecule has 1 N–H and O–H groups in total. The third-order valence-corrected chi connectivity index (χ3v) is 3.91. The Kier molecular flexibility index (Phi) is 3.84. The topological polar surface area (TPSA) is 78.7 Å². The average molecular weight is 292 g/mol. The number of carbonyl (C=O) groups is 1. The van der Waals surface area contributed by atoms with Gasteiger partial charge in [-0.2, -0.15) is 5.26 Å². The van der Waals surface area contributed by atoms with Crippen molar-refractivity contribution in [2.24, 2.45) is 0 Å². The summed E-state index contributed by atoms with van der Waals surface area (Å²) in [6, 6.07) is 9.81. The van der Waals surface area contributed by atoms with Gasteiger partial charge >= 0.3 is 0 Å². The lowest BCUT2D eigenvalue weighted by molar-refractivity contribution is -0.117. The molecule has 1 saturated carbocycles. The Morgan fingerprint density at radius 2 is 2.00 bits per heavy atom. The van der Waals surface area contributed by atoms with Crippen molar-refractivity contribution < 1.29 is 4.79 Å². The Bertz CT molecular complexity index is 770. The van der Waals surface area contributed by atoms with Gasteiger partial charge in [0.2, 0.25) is 5.91 Å². The van der Waals surface area contributed by atoms with E-state index in [4.69, 9.17) is 0 Å². The molecule has 22 heavy (non-hydrogen) atoms. The molecule has 0 saturated heterocycles. The van der Waals surface area contributed by atoms with E-state index < -0.39 is 5.54 Å². The van der Waals surface area contributed by atoms with E-state index in [9.17, 15) is 10.1 Å². The number of rotatable bonds is 3. The van der Waals surface area contributed by atoms with Gasteiger partial charge in [-0.15, -0.1) is 0 Å². The van der Waals surface area contributed by atoms with E-state index in [1.54, 1.807) is 12.3 Å². The number of nitrogens with one attached hydrogen (secondary N) is 1. The lowest BCUT2D eigenvalue weighted by Gasteiger charge is -2.20. The second kappa shape index (κ2) is 5.94. The Morgan fingerprint density at radius 1 is 1.27 bits per heavy atom. The maximum atomic E-state index is 12.0. The molecule has 0 aliphatic heterocycles. The second-order valence-electron chi connectivity index (χ2n) is 5.51. The summed E-state index contributed by atoms with van der Waals surface area (Å²) in [5.74, 6) is -0.265. The van der Waals surface area contributed by atoms with Crippen LogP contribution in [0.25, 0.3) is 17.1 Å². The lowest BCUT2D eigenvalue weighted by Crippen LogP contribution is -2.44. The Hall–Kier alpha value is -2.74. The molecule has 0 bridgehead atoms. The fourth-order valence-corrected chi connectivity index (χ4v) is 2.73. The van der Waals surface area contributed by atoms with Crippen molar-refractivity contribution in [1.82, 2.24) is 15.3 Å². The van der Waals surface area contributed by atoms with Crippen LogP contribution in [0.2, 0.25) is 0 Å². The van der Waals surface area contributed by atoms with Gasteiger partial charge in [0, 0.05) is 6.08 Å². The molecule has 1 aromatic carbocycles. The molecule has 0 atom stereocenters. The largest absolute Gasteiger partial charge is 0.334 e. The van der Waals surface area contributed by atoms with Gasteiger partial charge in [0.25, 0.3) is 0 Å². The minimum Gasteiger partial charge on any atom is -0.334 e. The first-order valence-corrected chi connectivity index (χ1v) is 7.34. The van der Waals surface area contributed by atoms with Crippen molar-refractivity contribution in [3.8, 4) is 6.07 Å². The minimum atomic E-state index is -0.698. The van der Waals surface area contributed by atoms with Crippen LogP contribution in [-0.4, -0.2) is 21.4 Å². The van der Waals surface area contributed by atoms with Crippen LogP contribution < -0.4 is 5.32 Å². The van der Waals surface area contributed by atoms with Crippen molar-refractivity contribution in [3.05, 3.63) is 42.2 Å². The average Bonchev–Trinajstić information content (AvgIpc) is 3.02. The van der Waals surface area contributed by atoms with Gasteiger partial charge in [0.05, 0.1) is 29.0 Å². The maximum absolute atomic E-state index is 12.0. The van der Waals surface area contributed by atoms with Crippen LogP contribution in [-0.2, 0) is 4.79 Å². The zero-order valence-electron chi connectivity index (χ0n) is 12.1. The van der Waals surface area contributed by atoms with E-state index in [1.165, 1.54) is 6.08 Å². The van der Waals surface area contributed by atoms with Crippen LogP contribution in [0, 0.1) is 11.3 Å². The standard InChI is InChI=1S/C17H16N4O/c18-12-17(9-3-4-10-17)21-16(22)8-7-13-11-19-14-5-1-2-6-15(14)20-13/h1-2,5-8,11H,3-4,9-10H2,(H,21,22)/b8-7+. The molecule has 5 heteroatoms. The van der Waals surface area contributed by atoms with Crippen molar-refractivity contribution in [2.75, 3.05) is 0 Å². The highest BCUT2D eigenvalue weighted by atomic mass is 16.1. The van der Waals surface area contributed by atoms with Crippen molar-refractivity contribution >= 4 is 23.0 Å². The number of nitriles is 1. The van der Waals surface area contributed by atoms with E-state index in [0.717, 1.165) is 36.7 Å². The van der Waals surface area contributed by atoms with Crippen molar-refractivity contribution in [1.29, 1.82) is 5.26 Å². The summed E-state index contributed by atoms with van der Waals surface area (Å²) in [5, 5.41) is 12.1. The number of amides is 1. The van der Waals surface area contributed by atoms with Gasteiger partial charge in [0.1, 0.15) is 5.54 Å². The fourth-order valence-electron chi connectivity index (χ4n) is 2.73. The molecule has 0 radical (unpaired) electrons. The molecule has 1 amide bonds. The summed E-state index contributed by atoms with van der Waals surface area (Å²) in [5.41, 5.74) is 1.52. The van der Waals surface area contributed by atoms with E-state index in [2.05, 4.69) is 21.4 Å². The number of benzene rings is 1. The predicted molar refractivity (Wildman–Crippen MR) is 83.5 cm³/mol. The Morgan fingerprint density at radius 3 is 2.73 bits per heavy atom. The predicted octanol–water partition coefficient (Wildman–Crippen LogP) is 2.60. The third kappa shape index (κ3) is 2.96. The SMILES string of the molecule is N#CC1(NC(=O)/C=C/c2cnc3ccccc3n2)CCCC1. The summed E-state index contributed by atoms with van der Waals surface area (Å²) in [4.78, 5) is 20.7. The minimum absolute atomic E-state index is 0.265. The summed E-state index contributed by atoms with van der Waals surface area (Å²) >= 11 is 0. The quantitative estimate of drug-likeness (QED) is 0.882. The summed E-state index contributed by atoms with van der Waals surface area (Å²) in [7, 11) is 0. The van der Waals surface area contributed by atoms with Crippen molar-refractivity contribution in [3.63, 3.8) is 0 Å². The number of nitrogens with zero attached hydrogens (tertiary/aromatic N) is 3. The molecule has 1 aliphatic rings. The van der Waals surface area contributed by atoms with Crippen molar-refractivity contribution in [2.45, 2.75) is 31.2 Å². The summed E-state index contributed by atoms with van der Waals surface area (Å²) < 4.78 is 0. The molecular weight excluding hydrogens is 276 g/mol. The van der Waals surface area contributed by atoms with Crippen LogP contribution >= 0.6 is 0 Å². The van der Waals surface area contributed by atoms with Gasteiger partial charge < -0.3 is 5.32 Å². The van der Waals surface area contributed by atoms with Gasteiger partial charge in [-0.3, -0.25) is 9.78 Å². The molecule has 1 aromatic heterocycles. The fraction of sp³-hybridized carbons (Fsp3) is 0.294. The molecule has 0 spiro atoms. The monoisotopic (exact) mass is 292 g/mol. The normalized spacial score (nSPS) is 16.7. The molecule has 0 unspecified atom stereocenters. The highest BCUT2D eigenvalue weighted by Crippen LogP contribution is 2.28. The first-order chi connectivity index (χ1) is 10.7. The van der Waals surface area contributed by atoms with Crippen LogP contribution in [0.5, 0.6) is 0 Å². The second-order valence-corrected chi connectivity index (χ2v) is 5.51. The maximum Gasteiger partial charge on any atom is 0.245 e. The lowest BCUT2D eigenvalue weighted by atomic mass is 10.00. The van der Waals surface area contributed by atoms with Gasteiger partial charge in [0.15, 0.2) is 0 Å². The Balaban J connectivity index is 1.72. The Labute approximate surface area is 128 Å². The van der Waals surface area contributed by atoms with Crippen LogP contribution in [0.15, 0.2) is 36.5 Å². The molecule has 3 rings (SSSR count). The first kappa shape index (κ1) is 14.2. The molecule has 1 aliphatic carbocycles. The zero-order valence-corrected chi connectivity index (χ0v) is 12.1. The van der Waals surface area contributed by atoms with Gasteiger partial charge in [-0.05, 0) is 43.9 Å². The molecule has 2 aromatic rings. The van der Waals surface area contributed by atoms with E-state index in [0.29, 0.717) is 5.69 Å². The molecule has 1 heterocycles. The van der Waals surface area contributed by atoms with E-state index >= 15 is 0 Å².